The zero-order chi connectivity index (χ0) is 17.0. The summed E-state index contributed by atoms with van der Waals surface area (Å²) in [5, 5.41) is 24.8. The Morgan fingerprint density at radius 3 is 2.45 bits per heavy atom. The molecule has 1 fully saturated rings. The van der Waals surface area contributed by atoms with Crippen molar-refractivity contribution in [1.82, 2.24) is 10.6 Å². The number of aliphatic carboxylic acids is 1. The maximum atomic E-state index is 11.7. The highest BCUT2D eigenvalue weighted by Crippen LogP contribution is 2.34. The van der Waals surface area contributed by atoms with Crippen LogP contribution in [0, 0.1) is 5.92 Å². The lowest BCUT2D eigenvalue weighted by Crippen LogP contribution is -2.60. The number of nitrogens with one attached hydrogen (secondary N) is 2. The molecule has 0 spiro atoms. The molecule has 3 unspecified atom stereocenters. The van der Waals surface area contributed by atoms with Gasteiger partial charge in [-0.3, -0.25) is 10.1 Å². The second-order valence-electron chi connectivity index (χ2n) is 6.96. The smallest absolute Gasteiger partial charge is 0.407 e. The molecule has 0 aromatic heterocycles. The average Bonchev–Trinajstić information content (AvgIpc) is 2.34. The number of alkyl carbamates (subject to hydrolysis) is 1. The number of amides is 1. The molecule has 7 nitrogen and oxygen atoms in total. The first-order valence-corrected chi connectivity index (χ1v) is 7.70. The molecule has 1 amide bonds. The number of hydrogen-bond acceptors (Lipinski definition) is 5. The Morgan fingerprint density at radius 1 is 1.32 bits per heavy atom. The predicted octanol–water partition coefficient (Wildman–Crippen LogP) is 1.11. The Labute approximate surface area is 131 Å². The molecule has 7 heteroatoms. The van der Waals surface area contributed by atoms with Crippen molar-refractivity contribution < 1.29 is 24.5 Å². The number of carbonyl (C=O) groups excluding carboxylic acids is 1. The molecule has 1 rings (SSSR count). The van der Waals surface area contributed by atoms with E-state index in [2.05, 4.69) is 10.6 Å². The third kappa shape index (κ3) is 5.14. The molecule has 128 valence electrons. The van der Waals surface area contributed by atoms with E-state index in [1.54, 1.807) is 20.8 Å². The molecule has 22 heavy (non-hydrogen) atoms. The summed E-state index contributed by atoms with van der Waals surface area (Å²) in [5.41, 5.74) is -1.61. The monoisotopic (exact) mass is 316 g/mol. The molecule has 0 aromatic rings. The fraction of sp³-hybridized carbons (Fsp3) is 0.867. The lowest BCUT2D eigenvalue weighted by Gasteiger charge is -2.41. The maximum Gasteiger partial charge on any atom is 0.407 e. The van der Waals surface area contributed by atoms with Gasteiger partial charge in [0.2, 0.25) is 0 Å². The van der Waals surface area contributed by atoms with Crippen LogP contribution in [0.5, 0.6) is 0 Å². The molecule has 0 aromatic carbocycles. The Balaban J connectivity index is 2.46. The van der Waals surface area contributed by atoms with Crippen LogP contribution in [-0.2, 0) is 9.53 Å². The molecule has 4 N–H and O–H groups in total. The molecule has 1 saturated carbocycles. The number of aliphatic hydroxyl groups excluding tert-OH is 1. The van der Waals surface area contributed by atoms with Crippen LogP contribution in [0.3, 0.4) is 0 Å². The van der Waals surface area contributed by atoms with Crippen LogP contribution >= 0.6 is 0 Å². The third-order valence-electron chi connectivity index (χ3n) is 3.95. The van der Waals surface area contributed by atoms with E-state index in [0.29, 0.717) is 25.8 Å². The van der Waals surface area contributed by atoms with Gasteiger partial charge in [0.15, 0.2) is 0 Å². The fourth-order valence-electron chi connectivity index (χ4n) is 2.79. The number of aliphatic hydroxyl groups is 1. The van der Waals surface area contributed by atoms with Crippen molar-refractivity contribution in [2.75, 3.05) is 13.1 Å². The minimum Gasteiger partial charge on any atom is -0.480 e. The van der Waals surface area contributed by atoms with Gasteiger partial charge in [-0.2, -0.15) is 0 Å². The number of ether oxygens (including phenoxy) is 1. The quantitative estimate of drug-likeness (QED) is 0.566. The van der Waals surface area contributed by atoms with Crippen LogP contribution in [0.2, 0.25) is 0 Å². The summed E-state index contributed by atoms with van der Waals surface area (Å²) in [6, 6.07) is 0. The third-order valence-corrected chi connectivity index (χ3v) is 3.95. The van der Waals surface area contributed by atoms with E-state index in [4.69, 9.17) is 4.74 Å². The summed E-state index contributed by atoms with van der Waals surface area (Å²) >= 11 is 0. The molecule has 0 aliphatic heterocycles. The summed E-state index contributed by atoms with van der Waals surface area (Å²) < 4.78 is 5.11. The highest BCUT2D eigenvalue weighted by Gasteiger charge is 2.46. The van der Waals surface area contributed by atoms with E-state index in [1.807, 2.05) is 6.92 Å². The van der Waals surface area contributed by atoms with E-state index in [-0.39, 0.29) is 12.5 Å². The van der Waals surface area contributed by atoms with Crippen LogP contribution in [-0.4, -0.2) is 52.6 Å². The molecule has 1 aliphatic rings. The average molecular weight is 316 g/mol. The van der Waals surface area contributed by atoms with Gasteiger partial charge in [-0.15, -0.1) is 0 Å². The van der Waals surface area contributed by atoms with E-state index < -0.39 is 29.3 Å². The van der Waals surface area contributed by atoms with Crippen molar-refractivity contribution in [3.05, 3.63) is 0 Å². The van der Waals surface area contributed by atoms with Crippen molar-refractivity contribution in [1.29, 1.82) is 0 Å². The molecule has 3 atom stereocenters. The molecule has 0 heterocycles. The largest absolute Gasteiger partial charge is 0.480 e. The van der Waals surface area contributed by atoms with Crippen LogP contribution in [0.15, 0.2) is 0 Å². The second kappa shape index (κ2) is 7.28. The van der Waals surface area contributed by atoms with Gasteiger partial charge in [-0.1, -0.05) is 6.92 Å². The van der Waals surface area contributed by atoms with Gasteiger partial charge < -0.3 is 20.3 Å². The fourth-order valence-corrected chi connectivity index (χ4v) is 2.79. The minimum absolute atomic E-state index is 0.185. The van der Waals surface area contributed by atoms with Crippen molar-refractivity contribution in [3.8, 4) is 0 Å². The van der Waals surface area contributed by atoms with E-state index in [1.165, 1.54) is 0 Å². The van der Waals surface area contributed by atoms with Crippen molar-refractivity contribution >= 4 is 12.1 Å². The van der Waals surface area contributed by atoms with Crippen LogP contribution in [0.1, 0.15) is 47.0 Å². The van der Waals surface area contributed by atoms with Gasteiger partial charge in [-0.05, 0) is 46.0 Å². The van der Waals surface area contributed by atoms with Crippen molar-refractivity contribution in [3.63, 3.8) is 0 Å². The molecule has 0 bridgehead atoms. The second-order valence-corrected chi connectivity index (χ2v) is 6.96. The van der Waals surface area contributed by atoms with E-state index >= 15 is 0 Å². The molecule has 0 radical (unpaired) electrons. The number of carboxylic acid groups (broad SMARTS) is 1. The number of carboxylic acids is 1. The zero-order valence-electron chi connectivity index (χ0n) is 13.8. The SMILES string of the molecule is CC1CC(O)CCC1(NCCNC(=O)OC(C)(C)C)C(=O)O. The van der Waals surface area contributed by atoms with Crippen LogP contribution < -0.4 is 10.6 Å². The normalized spacial score (nSPS) is 29.0. The Bertz CT molecular complexity index is 407. The first-order chi connectivity index (χ1) is 10.1. The summed E-state index contributed by atoms with van der Waals surface area (Å²) in [4.78, 5) is 23.2. The van der Waals surface area contributed by atoms with Gasteiger partial charge in [0.25, 0.3) is 0 Å². The number of rotatable bonds is 5. The van der Waals surface area contributed by atoms with Crippen LogP contribution in [0.25, 0.3) is 0 Å². The highest BCUT2D eigenvalue weighted by molar-refractivity contribution is 5.79. The van der Waals surface area contributed by atoms with Gasteiger partial charge >= 0.3 is 12.1 Å². The van der Waals surface area contributed by atoms with Gasteiger partial charge in [0.1, 0.15) is 11.1 Å². The zero-order valence-corrected chi connectivity index (χ0v) is 13.8. The van der Waals surface area contributed by atoms with Gasteiger partial charge in [0.05, 0.1) is 6.10 Å². The molecule has 0 saturated heterocycles. The molecular weight excluding hydrogens is 288 g/mol. The molecule has 1 aliphatic carbocycles. The summed E-state index contributed by atoms with van der Waals surface area (Å²) in [6.07, 6.45) is 0.328. The topological polar surface area (TPSA) is 108 Å². The first-order valence-electron chi connectivity index (χ1n) is 7.70. The lowest BCUT2D eigenvalue weighted by molar-refractivity contribution is -0.150. The van der Waals surface area contributed by atoms with E-state index in [9.17, 15) is 19.8 Å². The van der Waals surface area contributed by atoms with Gasteiger partial charge in [-0.25, -0.2) is 4.79 Å². The summed E-state index contributed by atoms with van der Waals surface area (Å²) in [7, 11) is 0. The van der Waals surface area contributed by atoms with Crippen molar-refractivity contribution in [2.24, 2.45) is 5.92 Å². The Kier molecular flexibility index (Phi) is 6.19. The minimum atomic E-state index is -1.05. The maximum absolute atomic E-state index is 11.7. The first kappa shape index (κ1) is 18.7. The number of carbonyl (C=O) groups is 2. The highest BCUT2D eigenvalue weighted by atomic mass is 16.6. The predicted molar refractivity (Wildman–Crippen MR) is 81.6 cm³/mol. The summed E-state index contributed by atoms with van der Waals surface area (Å²) in [5.74, 6) is -1.10. The Morgan fingerprint density at radius 2 is 1.95 bits per heavy atom. The van der Waals surface area contributed by atoms with Gasteiger partial charge in [0, 0.05) is 13.1 Å². The van der Waals surface area contributed by atoms with Crippen molar-refractivity contribution in [2.45, 2.75) is 64.2 Å². The summed E-state index contributed by atoms with van der Waals surface area (Å²) in [6.45, 7) is 7.76. The van der Waals surface area contributed by atoms with E-state index in [0.717, 1.165) is 0 Å². The lowest BCUT2D eigenvalue weighted by atomic mass is 9.72. The number of hydrogen-bond donors (Lipinski definition) is 4. The molecular formula is C15H28N2O5. The van der Waals surface area contributed by atoms with Crippen LogP contribution in [0.4, 0.5) is 4.79 Å². The standard InChI is InChI=1S/C15H28N2O5/c1-10-9-11(18)5-6-15(10,12(19)20)17-8-7-16-13(21)22-14(2,3)4/h10-11,17-18H,5-9H2,1-4H3,(H,16,21)(H,19,20). The Hall–Kier alpha value is -1.34.